The van der Waals surface area contributed by atoms with E-state index in [1.807, 2.05) is 4.90 Å². The van der Waals surface area contributed by atoms with Gasteiger partial charge in [0.25, 0.3) is 0 Å². The van der Waals surface area contributed by atoms with Crippen molar-refractivity contribution in [1.82, 2.24) is 10.2 Å². The number of hydrogen-bond donors (Lipinski definition) is 1. The van der Waals surface area contributed by atoms with Crippen molar-refractivity contribution >= 4 is 36.4 Å². The van der Waals surface area contributed by atoms with Gasteiger partial charge in [0, 0.05) is 31.9 Å². The molecule has 0 saturated carbocycles. The highest BCUT2D eigenvalue weighted by molar-refractivity contribution is 5.85. The molecule has 2 saturated heterocycles. The van der Waals surface area contributed by atoms with Crippen LogP contribution in [0.2, 0.25) is 0 Å². The second-order valence-corrected chi connectivity index (χ2v) is 6.53. The normalized spacial score (nSPS) is 20.8. The molecule has 3 rings (SSSR count). The number of halogens is 2. The van der Waals surface area contributed by atoms with Gasteiger partial charge in [-0.3, -0.25) is 4.79 Å². The van der Waals surface area contributed by atoms with Gasteiger partial charge in [0.1, 0.15) is 0 Å². The number of aryl methyl sites for hydroxylation is 1. The minimum Gasteiger partial charge on any atom is -0.368 e. The highest BCUT2D eigenvalue weighted by Gasteiger charge is 2.28. The first kappa shape index (κ1) is 21.1. The fraction of sp³-hybridized carbons (Fsp3) is 0.611. The Labute approximate surface area is 157 Å². The molecule has 1 atom stereocenters. The van der Waals surface area contributed by atoms with E-state index in [0.717, 1.165) is 39.1 Å². The number of anilines is 1. The predicted molar refractivity (Wildman–Crippen MR) is 105 cm³/mol. The number of carbonyl (C=O) groups excluding carboxylic acids is 1. The van der Waals surface area contributed by atoms with Gasteiger partial charge in [-0.25, -0.2) is 0 Å². The Morgan fingerprint density at radius 2 is 1.79 bits per heavy atom. The Hall–Kier alpha value is -0.970. The minimum atomic E-state index is 0. The smallest absolute Gasteiger partial charge is 0.239 e. The maximum absolute atomic E-state index is 12.6. The zero-order valence-corrected chi connectivity index (χ0v) is 16.2. The standard InChI is InChI=1S/C18H27N3O.2ClH/c1-14-6-5-8-17(15(14)2)20-10-12-21(13-11-20)18(22)16-7-3-4-9-19-16;;/h5-6,8,16,19H,3-4,7,9-13H2,1-2H3;2*1H. The number of piperidine rings is 1. The lowest BCUT2D eigenvalue weighted by Crippen LogP contribution is -2.55. The summed E-state index contributed by atoms with van der Waals surface area (Å²) in [5, 5.41) is 3.37. The molecule has 24 heavy (non-hydrogen) atoms. The van der Waals surface area contributed by atoms with Crippen molar-refractivity contribution in [2.45, 2.75) is 39.2 Å². The quantitative estimate of drug-likeness (QED) is 0.865. The lowest BCUT2D eigenvalue weighted by Gasteiger charge is -2.39. The van der Waals surface area contributed by atoms with Crippen LogP contribution in [0.5, 0.6) is 0 Å². The van der Waals surface area contributed by atoms with Crippen molar-refractivity contribution in [3.8, 4) is 0 Å². The molecule has 2 aliphatic rings. The summed E-state index contributed by atoms with van der Waals surface area (Å²) in [7, 11) is 0. The maximum atomic E-state index is 12.6. The molecule has 0 spiro atoms. The third kappa shape index (κ3) is 4.56. The third-order valence-corrected chi connectivity index (χ3v) is 5.12. The van der Waals surface area contributed by atoms with E-state index < -0.39 is 0 Å². The van der Waals surface area contributed by atoms with Gasteiger partial charge < -0.3 is 15.1 Å². The molecule has 4 nitrogen and oxygen atoms in total. The summed E-state index contributed by atoms with van der Waals surface area (Å²) in [4.78, 5) is 17.0. The molecule has 2 aliphatic heterocycles. The second-order valence-electron chi connectivity index (χ2n) is 6.53. The van der Waals surface area contributed by atoms with Gasteiger partial charge in [-0.2, -0.15) is 0 Å². The number of nitrogens with one attached hydrogen (secondary N) is 1. The highest BCUT2D eigenvalue weighted by atomic mass is 35.5. The van der Waals surface area contributed by atoms with E-state index in [1.165, 1.54) is 29.7 Å². The van der Waals surface area contributed by atoms with Gasteiger partial charge in [-0.1, -0.05) is 18.6 Å². The number of carbonyl (C=O) groups is 1. The van der Waals surface area contributed by atoms with Crippen molar-refractivity contribution in [2.24, 2.45) is 0 Å². The minimum absolute atomic E-state index is 0. The number of amides is 1. The molecule has 1 aromatic carbocycles. The molecule has 6 heteroatoms. The van der Waals surface area contributed by atoms with E-state index in [-0.39, 0.29) is 30.9 Å². The summed E-state index contributed by atoms with van der Waals surface area (Å²) in [6, 6.07) is 6.54. The number of rotatable bonds is 2. The molecule has 2 fully saturated rings. The summed E-state index contributed by atoms with van der Waals surface area (Å²) in [6.45, 7) is 8.88. The summed E-state index contributed by atoms with van der Waals surface area (Å²) >= 11 is 0. The van der Waals surface area contributed by atoms with E-state index in [0.29, 0.717) is 5.91 Å². The Morgan fingerprint density at radius 3 is 2.42 bits per heavy atom. The Bertz CT molecular complexity index is 539. The van der Waals surface area contributed by atoms with Crippen molar-refractivity contribution in [3.05, 3.63) is 29.3 Å². The largest absolute Gasteiger partial charge is 0.368 e. The molecule has 1 unspecified atom stereocenters. The van der Waals surface area contributed by atoms with Crippen LogP contribution < -0.4 is 10.2 Å². The molecule has 1 N–H and O–H groups in total. The van der Waals surface area contributed by atoms with E-state index in [9.17, 15) is 4.79 Å². The zero-order chi connectivity index (χ0) is 15.5. The van der Waals surface area contributed by atoms with Gasteiger partial charge in [-0.05, 0) is 50.4 Å². The van der Waals surface area contributed by atoms with Gasteiger partial charge >= 0.3 is 0 Å². The first-order valence-corrected chi connectivity index (χ1v) is 8.50. The molecule has 136 valence electrons. The van der Waals surface area contributed by atoms with Crippen LogP contribution in [0.25, 0.3) is 0 Å². The van der Waals surface area contributed by atoms with Crippen molar-refractivity contribution < 1.29 is 4.79 Å². The first-order valence-electron chi connectivity index (χ1n) is 8.50. The fourth-order valence-electron chi connectivity index (χ4n) is 3.53. The SMILES string of the molecule is Cc1cccc(N2CCN(C(=O)C3CCCCN3)CC2)c1C.Cl.Cl. The summed E-state index contributed by atoms with van der Waals surface area (Å²) in [5.74, 6) is 0.306. The number of piperazine rings is 1. The van der Waals surface area contributed by atoms with Crippen LogP contribution in [0.15, 0.2) is 18.2 Å². The number of hydrogen-bond acceptors (Lipinski definition) is 3. The van der Waals surface area contributed by atoms with Crippen LogP contribution >= 0.6 is 24.8 Å². The Balaban J connectivity index is 0.00000144. The van der Waals surface area contributed by atoms with Crippen LogP contribution in [0.3, 0.4) is 0 Å². The van der Waals surface area contributed by atoms with Crippen molar-refractivity contribution in [2.75, 3.05) is 37.6 Å². The Morgan fingerprint density at radius 1 is 1.08 bits per heavy atom. The Kier molecular flexibility index (Phi) is 8.34. The molecule has 0 bridgehead atoms. The predicted octanol–water partition coefficient (Wildman–Crippen LogP) is 2.94. The average Bonchev–Trinajstić information content (AvgIpc) is 2.58. The first-order chi connectivity index (χ1) is 10.7. The number of benzene rings is 1. The molecular formula is C18H29Cl2N3O. The third-order valence-electron chi connectivity index (χ3n) is 5.12. The number of nitrogens with zero attached hydrogens (tertiary/aromatic N) is 2. The molecule has 1 amide bonds. The van der Waals surface area contributed by atoms with Crippen LogP contribution in [-0.4, -0.2) is 49.6 Å². The van der Waals surface area contributed by atoms with Crippen LogP contribution in [-0.2, 0) is 4.79 Å². The topological polar surface area (TPSA) is 35.6 Å². The van der Waals surface area contributed by atoms with Gasteiger partial charge in [-0.15, -0.1) is 24.8 Å². The lowest BCUT2D eigenvalue weighted by molar-refractivity contribution is -0.134. The van der Waals surface area contributed by atoms with Crippen molar-refractivity contribution in [1.29, 1.82) is 0 Å². The molecule has 1 aromatic rings. The fourth-order valence-corrected chi connectivity index (χ4v) is 3.53. The molecule has 0 radical (unpaired) electrons. The molecule has 0 aliphatic carbocycles. The summed E-state index contributed by atoms with van der Waals surface area (Å²) < 4.78 is 0. The maximum Gasteiger partial charge on any atom is 0.239 e. The van der Waals surface area contributed by atoms with Gasteiger partial charge in [0.05, 0.1) is 6.04 Å². The average molecular weight is 374 g/mol. The molecular weight excluding hydrogens is 345 g/mol. The van der Waals surface area contributed by atoms with E-state index in [4.69, 9.17) is 0 Å². The molecule has 0 aromatic heterocycles. The van der Waals surface area contributed by atoms with Crippen molar-refractivity contribution in [3.63, 3.8) is 0 Å². The zero-order valence-electron chi connectivity index (χ0n) is 14.6. The van der Waals surface area contributed by atoms with Crippen LogP contribution in [0.4, 0.5) is 5.69 Å². The van der Waals surface area contributed by atoms with Crippen LogP contribution in [0.1, 0.15) is 30.4 Å². The molecule has 2 heterocycles. The van der Waals surface area contributed by atoms with Gasteiger partial charge in [0.15, 0.2) is 0 Å². The van der Waals surface area contributed by atoms with E-state index >= 15 is 0 Å². The van der Waals surface area contributed by atoms with E-state index in [1.54, 1.807) is 0 Å². The lowest BCUT2D eigenvalue weighted by atomic mass is 10.0. The van der Waals surface area contributed by atoms with Crippen LogP contribution in [0, 0.1) is 13.8 Å². The van der Waals surface area contributed by atoms with Gasteiger partial charge in [0.2, 0.25) is 5.91 Å². The highest BCUT2D eigenvalue weighted by Crippen LogP contribution is 2.24. The second kappa shape index (κ2) is 9.50. The van der Waals surface area contributed by atoms with E-state index in [2.05, 4.69) is 42.3 Å². The summed E-state index contributed by atoms with van der Waals surface area (Å²) in [5.41, 5.74) is 4.02. The monoisotopic (exact) mass is 373 g/mol. The summed E-state index contributed by atoms with van der Waals surface area (Å²) in [6.07, 6.45) is 3.37.